The summed E-state index contributed by atoms with van der Waals surface area (Å²) in [6.07, 6.45) is 2.41. The van der Waals surface area contributed by atoms with Crippen molar-refractivity contribution < 1.29 is 17.7 Å². The van der Waals surface area contributed by atoms with Gasteiger partial charge in [-0.05, 0) is 6.07 Å². The van der Waals surface area contributed by atoms with Gasteiger partial charge < -0.3 is 4.74 Å². The lowest BCUT2D eigenvalue weighted by atomic mass is 10.5. The summed E-state index contributed by atoms with van der Waals surface area (Å²) in [6, 6.07) is 5.54. The van der Waals surface area contributed by atoms with E-state index in [0.29, 0.717) is 12.1 Å². The number of ether oxygens (including phenoxy) is 1. The number of methoxy groups -OCH3 is 1. The molecule has 1 rings (SSSR count). The fourth-order valence-corrected chi connectivity index (χ4v) is 0.468. The predicted molar refractivity (Wildman–Crippen MR) is 48.3 cm³/mol. The second-order valence-corrected chi connectivity index (χ2v) is 3.57. The molecule has 0 aliphatic heterocycles. The Morgan fingerprint density at radius 3 is 2.23 bits per heavy atom. The third kappa shape index (κ3) is 10.9. The van der Waals surface area contributed by atoms with Crippen LogP contribution in [-0.4, -0.2) is 31.3 Å². The summed E-state index contributed by atoms with van der Waals surface area (Å²) in [5, 5.41) is 0. The predicted octanol–water partition coefficient (Wildman–Crippen LogP) is 0.594. The van der Waals surface area contributed by atoms with Crippen LogP contribution in [-0.2, 0) is 10.1 Å². The van der Waals surface area contributed by atoms with Crippen LogP contribution in [0.5, 0.6) is 5.88 Å². The van der Waals surface area contributed by atoms with Crippen LogP contribution in [0.3, 0.4) is 0 Å². The van der Waals surface area contributed by atoms with Crippen molar-refractivity contribution in [1.29, 1.82) is 0 Å². The summed E-state index contributed by atoms with van der Waals surface area (Å²) in [5.41, 5.74) is 0. The van der Waals surface area contributed by atoms with E-state index in [-0.39, 0.29) is 0 Å². The van der Waals surface area contributed by atoms with E-state index in [4.69, 9.17) is 9.29 Å². The van der Waals surface area contributed by atoms with Gasteiger partial charge in [0.05, 0.1) is 13.4 Å². The SMILES string of the molecule is COc1ccccn1.CS(=O)(=O)O. The summed E-state index contributed by atoms with van der Waals surface area (Å²) in [5.74, 6) is 0.660. The van der Waals surface area contributed by atoms with Crippen molar-refractivity contribution in [3.05, 3.63) is 24.4 Å². The van der Waals surface area contributed by atoms with Gasteiger partial charge in [-0.2, -0.15) is 8.42 Å². The van der Waals surface area contributed by atoms with E-state index < -0.39 is 10.1 Å². The van der Waals surface area contributed by atoms with E-state index in [1.807, 2.05) is 12.1 Å². The topological polar surface area (TPSA) is 76.5 Å². The van der Waals surface area contributed by atoms with E-state index in [1.165, 1.54) is 0 Å². The molecule has 0 spiro atoms. The fourth-order valence-electron chi connectivity index (χ4n) is 0.468. The first kappa shape index (κ1) is 11.9. The second kappa shape index (κ2) is 5.50. The largest absolute Gasteiger partial charge is 0.481 e. The Labute approximate surface area is 77.1 Å². The maximum absolute atomic E-state index is 9.19. The molecule has 0 atom stereocenters. The molecule has 6 heteroatoms. The van der Waals surface area contributed by atoms with Crippen LogP contribution in [0.15, 0.2) is 24.4 Å². The molecule has 74 valence electrons. The number of hydrogen-bond acceptors (Lipinski definition) is 4. The van der Waals surface area contributed by atoms with Crippen LogP contribution in [0.2, 0.25) is 0 Å². The molecule has 0 aromatic carbocycles. The first-order valence-electron chi connectivity index (χ1n) is 3.31. The fraction of sp³-hybridized carbons (Fsp3) is 0.286. The highest BCUT2D eigenvalue weighted by atomic mass is 32.2. The molecule has 1 N–H and O–H groups in total. The number of hydrogen-bond donors (Lipinski definition) is 1. The molecule has 0 unspecified atom stereocenters. The van der Waals surface area contributed by atoms with Crippen molar-refractivity contribution in [1.82, 2.24) is 4.98 Å². The van der Waals surface area contributed by atoms with Crippen molar-refractivity contribution in [3.8, 4) is 5.88 Å². The van der Waals surface area contributed by atoms with Crippen molar-refractivity contribution in [2.75, 3.05) is 13.4 Å². The molecule has 0 radical (unpaired) electrons. The Morgan fingerprint density at radius 1 is 1.46 bits per heavy atom. The highest BCUT2D eigenvalue weighted by Gasteiger charge is 1.82. The summed E-state index contributed by atoms with van der Waals surface area (Å²) < 4.78 is 30.7. The van der Waals surface area contributed by atoms with Gasteiger partial charge in [-0.1, -0.05) is 6.07 Å². The molecule has 0 fully saturated rings. The van der Waals surface area contributed by atoms with Crippen LogP contribution in [0.25, 0.3) is 0 Å². The zero-order chi connectivity index (χ0) is 10.3. The van der Waals surface area contributed by atoms with E-state index in [9.17, 15) is 8.42 Å². The zero-order valence-corrected chi connectivity index (χ0v) is 8.15. The molecule has 0 saturated carbocycles. The van der Waals surface area contributed by atoms with Gasteiger partial charge >= 0.3 is 0 Å². The van der Waals surface area contributed by atoms with Gasteiger partial charge in [0.25, 0.3) is 10.1 Å². The van der Waals surface area contributed by atoms with Gasteiger partial charge in [0.2, 0.25) is 5.88 Å². The zero-order valence-electron chi connectivity index (χ0n) is 7.34. The molecule has 1 aromatic rings. The number of aromatic nitrogens is 1. The monoisotopic (exact) mass is 205 g/mol. The smallest absolute Gasteiger partial charge is 0.261 e. The molecule has 5 nitrogen and oxygen atoms in total. The molecule has 0 bridgehead atoms. The normalized spacial score (nSPS) is 9.77. The molecular weight excluding hydrogens is 194 g/mol. The Bertz CT molecular complexity index is 314. The minimum atomic E-state index is -3.67. The van der Waals surface area contributed by atoms with Gasteiger partial charge in [0, 0.05) is 12.3 Å². The average molecular weight is 205 g/mol. The number of rotatable bonds is 1. The molecule has 1 aromatic heterocycles. The van der Waals surface area contributed by atoms with Crippen molar-refractivity contribution in [2.45, 2.75) is 0 Å². The van der Waals surface area contributed by atoms with Gasteiger partial charge in [-0.3, -0.25) is 4.55 Å². The third-order valence-electron chi connectivity index (χ3n) is 0.847. The van der Waals surface area contributed by atoms with E-state index in [1.54, 1.807) is 19.4 Å². The van der Waals surface area contributed by atoms with Crippen molar-refractivity contribution in [2.24, 2.45) is 0 Å². The molecular formula is C7H11NO4S. The molecule has 1 heterocycles. The maximum Gasteiger partial charge on any atom is 0.261 e. The van der Waals surface area contributed by atoms with E-state index >= 15 is 0 Å². The molecule has 0 aliphatic rings. The Balaban J connectivity index is 0.000000252. The number of pyridine rings is 1. The number of nitrogens with zero attached hydrogens (tertiary/aromatic N) is 1. The second-order valence-electron chi connectivity index (χ2n) is 2.11. The minimum absolute atomic E-state index is 0.660. The molecule has 13 heavy (non-hydrogen) atoms. The van der Waals surface area contributed by atoms with Crippen LogP contribution >= 0.6 is 0 Å². The molecule has 0 saturated heterocycles. The van der Waals surface area contributed by atoms with Crippen molar-refractivity contribution in [3.63, 3.8) is 0 Å². The standard InChI is InChI=1S/C6H7NO.CH4O3S/c1-8-6-4-2-3-5-7-6;1-5(2,3)4/h2-5H,1H3;1H3,(H,2,3,4). The maximum atomic E-state index is 9.19. The van der Waals surface area contributed by atoms with Gasteiger partial charge in [0.15, 0.2) is 0 Å². The summed E-state index contributed by atoms with van der Waals surface area (Å²) in [4.78, 5) is 3.88. The minimum Gasteiger partial charge on any atom is -0.481 e. The average Bonchev–Trinajstić information content (AvgIpc) is 2.03. The van der Waals surface area contributed by atoms with E-state index in [2.05, 4.69) is 4.98 Å². The van der Waals surface area contributed by atoms with Gasteiger partial charge in [0.1, 0.15) is 0 Å². The van der Waals surface area contributed by atoms with E-state index in [0.717, 1.165) is 0 Å². The van der Waals surface area contributed by atoms with Crippen LogP contribution < -0.4 is 4.74 Å². The van der Waals surface area contributed by atoms with Gasteiger partial charge in [-0.15, -0.1) is 0 Å². The highest BCUT2D eigenvalue weighted by Crippen LogP contribution is 1.99. The Hall–Kier alpha value is -1.14. The molecule has 0 amide bonds. The lowest BCUT2D eigenvalue weighted by Crippen LogP contribution is -1.88. The van der Waals surface area contributed by atoms with Crippen LogP contribution in [0.4, 0.5) is 0 Å². The van der Waals surface area contributed by atoms with Crippen molar-refractivity contribution >= 4 is 10.1 Å². The molecule has 0 aliphatic carbocycles. The van der Waals surface area contributed by atoms with Gasteiger partial charge in [-0.25, -0.2) is 4.98 Å². The Kier molecular flexibility index (Phi) is 5.01. The highest BCUT2D eigenvalue weighted by molar-refractivity contribution is 7.85. The van der Waals surface area contributed by atoms with Crippen LogP contribution in [0, 0.1) is 0 Å². The lowest BCUT2D eigenvalue weighted by Gasteiger charge is -1.92. The van der Waals surface area contributed by atoms with Crippen LogP contribution in [0.1, 0.15) is 0 Å². The third-order valence-corrected chi connectivity index (χ3v) is 0.847. The summed E-state index contributed by atoms with van der Waals surface area (Å²) in [7, 11) is -2.07. The quantitative estimate of drug-likeness (QED) is 0.679. The summed E-state index contributed by atoms with van der Waals surface area (Å²) >= 11 is 0. The Morgan fingerprint density at radius 2 is 2.00 bits per heavy atom. The lowest BCUT2D eigenvalue weighted by molar-refractivity contribution is 0.398. The first-order valence-corrected chi connectivity index (χ1v) is 5.16. The first-order chi connectivity index (χ1) is 5.93. The summed E-state index contributed by atoms with van der Waals surface area (Å²) in [6.45, 7) is 0.